The number of benzene rings is 2. The number of carbonyl (C=O) groups is 2. The van der Waals surface area contributed by atoms with Gasteiger partial charge in [-0.3, -0.25) is 19.3 Å². The molecule has 2 aromatic carbocycles. The normalized spacial score (nSPS) is 17.0. The Hall–Kier alpha value is -5.27. The molecule has 1 fully saturated rings. The minimum atomic E-state index is -0.942. The van der Waals surface area contributed by atoms with Gasteiger partial charge in [-0.1, -0.05) is 67.0 Å². The molecule has 0 unspecified atom stereocenters. The molecular weight excluding hydrogens is 598 g/mol. The van der Waals surface area contributed by atoms with Crippen molar-refractivity contribution >= 4 is 11.9 Å². The fraction of sp³-hybridized carbons (Fsp3) is 0.324. The summed E-state index contributed by atoms with van der Waals surface area (Å²) in [4.78, 5) is 58.1. The number of nitrogens with one attached hydrogen (secondary N) is 1. The van der Waals surface area contributed by atoms with Gasteiger partial charge in [0.25, 0.3) is 5.56 Å². The van der Waals surface area contributed by atoms with Gasteiger partial charge in [-0.2, -0.15) is 0 Å². The molecule has 1 aliphatic heterocycles. The molecule has 0 bridgehead atoms. The van der Waals surface area contributed by atoms with Crippen LogP contribution < -0.4 is 11.2 Å². The third kappa shape index (κ3) is 8.71. The third-order valence-corrected chi connectivity index (χ3v) is 7.87. The first kappa shape index (κ1) is 33.1. The van der Waals surface area contributed by atoms with Gasteiger partial charge in [0.15, 0.2) is 0 Å². The summed E-state index contributed by atoms with van der Waals surface area (Å²) < 4.78 is 18.7. The van der Waals surface area contributed by atoms with Crippen LogP contribution in [0.15, 0.2) is 82.6 Å². The number of nitrogens with zero attached hydrogens (tertiary/aromatic N) is 2. The summed E-state index contributed by atoms with van der Waals surface area (Å²) in [6.07, 6.45) is 4.58. The molecule has 242 valence electrons. The molecule has 1 N–H and O–H groups in total. The lowest BCUT2D eigenvalue weighted by molar-refractivity contribution is -0.0582. The Kier molecular flexibility index (Phi) is 10.8. The van der Waals surface area contributed by atoms with Gasteiger partial charge in [0.1, 0.15) is 30.6 Å². The lowest BCUT2D eigenvalue weighted by atomic mass is 10.1. The number of hydrogen-bond donors (Lipinski definition) is 1. The topological polar surface area (TPSA) is 130 Å². The molecule has 0 radical (unpaired) electrons. The van der Waals surface area contributed by atoms with Crippen LogP contribution in [0, 0.1) is 25.7 Å². The summed E-state index contributed by atoms with van der Waals surface area (Å²) in [5, 5.41) is 0. The third-order valence-electron chi connectivity index (χ3n) is 7.87. The molecule has 0 spiro atoms. The number of aromatic nitrogens is 3. The molecule has 4 aromatic rings. The van der Waals surface area contributed by atoms with Crippen molar-refractivity contribution < 1.29 is 23.8 Å². The number of H-pyrrole nitrogens is 1. The van der Waals surface area contributed by atoms with Crippen LogP contribution >= 0.6 is 0 Å². The Bertz CT molecular complexity index is 1880. The average molecular weight is 636 g/mol. The van der Waals surface area contributed by atoms with E-state index in [1.807, 2.05) is 26.0 Å². The molecule has 0 aliphatic carbocycles. The van der Waals surface area contributed by atoms with E-state index in [1.54, 1.807) is 54.7 Å². The first-order valence-electron chi connectivity index (χ1n) is 15.7. The van der Waals surface area contributed by atoms with Gasteiger partial charge in [-0.25, -0.2) is 14.4 Å². The molecule has 5 rings (SSSR count). The first-order chi connectivity index (χ1) is 22.7. The molecule has 0 amide bonds. The second-order valence-electron chi connectivity index (χ2n) is 11.6. The van der Waals surface area contributed by atoms with Crippen LogP contribution in [0.5, 0.6) is 0 Å². The van der Waals surface area contributed by atoms with E-state index >= 15 is 0 Å². The van der Waals surface area contributed by atoms with E-state index in [4.69, 9.17) is 14.2 Å². The van der Waals surface area contributed by atoms with Crippen LogP contribution in [0.25, 0.3) is 0 Å². The van der Waals surface area contributed by atoms with Crippen molar-refractivity contribution in [1.29, 1.82) is 0 Å². The molecule has 0 saturated carbocycles. The summed E-state index contributed by atoms with van der Waals surface area (Å²) in [7, 11) is 0. The number of ether oxygens (including phenoxy) is 3. The number of unbranched alkanes of at least 4 members (excludes halogenated alkanes) is 2. The highest BCUT2D eigenvalue weighted by Gasteiger charge is 2.40. The van der Waals surface area contributed by atoms with Crippen molar-refractivity contribution in [3.05, 3.63) is 133 Å². The molecule has 47 heavy (non-hydrogen) atoms. The number of aryl methyl sites for hydroxylation is 3. The monoisotopic (exact) mass is 635 g/mol. The van der Waals surface area contributed by atoms with Crippen LogP contribution in [0.4, 0.5) is 0 Å². The highest BCUT2D eigenvalue weighted by atomic mass is 16.6. The smallest absolute Gasteiger partial charge is 0.338 e. The van der Waals surface area contributed by atoms with E-state index in [1.165, 1.54) is 10.8 Å². The number of carbonyl (C=O) groups excluding carboxylic acids is 2. The number of esters is 2. The molecular formula is C37H37N3O7. The van der Waals surface area contributed by atoms with Crippen molar-refractivity contribution in [3.8, 4) is 11.8 Å². The Balaban J connectivity index is 1.35. The van der Waals surface area contributed by atoms with Crippen LogP contribution in [0.1, 0.15) is 87.5 Å². The van der Waals surface area contributed by atoms with Gasteiger partial charge in [0.05, 0.1) is 11.1 Å². The zero-order valence-corrected chi connectivity index (χ0v) is 26.7. The fourth-order valence-corrected chi connectivity index (χ4v) is 5.10. The maximum Gasteiger partial charge on any atom is 0.338 e. The van der Waals surface area contributed by atoms with E-state index in [-0.39, 0.29) is 18.6 Å². The lowest BCUT2D eigenvalue weighted by Gasteiger charge is -2.19. The highest BCUT2D eigenvalue weighted by molar-refractivity contribution is 5.90. The zero-order valence-electron chi connectivity index (χ0n) is 26.7. The highest BCUT2D eigenvalue weighted by Crippen LogP contribution is 2.31. The Morgan fingerprint density at radius 2 is 1.62 bits per heavy atom. The maximum atomic E-state index is 13.0. The standard InChI is InChI=1S/C37H37N3O7/c1-4-5-6-7-30-19-13-26(21-38-30)12-18-29-22-40(37(44)39-34(29)41)33-20-31(47-36(43)28-16-10-25(3)11-17-28)32(46-33)23-45-35(42)27-14-8-24(2)9-15-27/h8-11,13-17,19,21-22,31-33H,4-7,20,23H2,1-3H3,(H,39,41,44)/t31-,32+,33+/m0/s1. The van der Waals surface area contributed by atoms with E-state index < -0.39 is 41.6 Å². The zero-order chi connectivity index (χ0) is 33.3. The molecule has 1 aliphatic rings. The van der Waals surface area contributed by atoms with Crippen molar-refractivity contribution in [2.45, 2.75) is 71.3 Å². The van der Waals surface area contributed by atoms with Gasteiger partial charge in [0, 0.05) is 30.1 Å². The predicted molar refractivity (Wildman–Crippen MR) is 175 cm³/mol. The van der Waals surface area contributed by atoms with E-state index in [2.05, 4.69) is 28.7 Å². The summed E-state index contributed by atoms with van der Waals surface area (Å²) in [6, 6.07) is 17.6. The van der Waals surface area contributed by atoms with Crippen LogP contribution in [0.2, 0.25) is 0 Å². The van der Waals surface area contributed by atoms with Crippen LogP contribution in [-0.2, 0) is 20.6 Å². The Morgan fingerprint density at radius 3 is 2.26 bits per heavy atom. The van der Waals surface area contributed by atoms with Gasteiger partial charge in [0.2, 0.25) is 0 Å². The summed E-state index contributed by atoms with van der Waals surface area (Å²) in [5.74, 6) is 4.62. The molecule has 10 heteroatoms. The second kappa shape index (κ2) is 15.3. The number of hydrogen-bond acceptors (Lipinski definition) is 8. The minimum Gasteiger partial charge on any atom is -0.459 e. The molecule has 3 heterocycles. The van der Waals surface area contributed by atoms with Crippen molar-refractivity contribution in [3.63, 3.8) is 0 Å². The van der Waals surface area contributed by atoms with Gasteiger partial charge < -0.3 is 14.2 Å². The Labute approximate surface area is 272 Å². The Morgan fingerprint density at radius 1 is 0.936 bits per heavy atom. The van der Waals surface area contributed by atoms with Crippen LogP contribution in [0.3, 0.4) is 0 Å². The minimum absolute atomic E-state index is 0.0441. The molecule has 2 aromatic heterocycles. The molecule has 1 saturated heterocycles. The van der Waals surface area contributed by atoms with Gasteiger partial charge in [-0.05, 0) is 63.1 Å². The molecule has 10 nitrogen and oxygen atoms in total. The summed E-state index contributed by atoms with van der Waals surface area (Å²) in [5.41, 5.74) is 2.96. The van der Waals surface area contributed by atoms with E-state index in [0.717, 1.165) is 42.5 Å². The summed E-state index contributed by atoms with van der Waals surface area (Å²) >= 11 is 0. The van der Waals surface area contributed by atoms with Crippen molar-refractivity contribution in [2.75, 3.05) is 6.61 Å². The molecule has 3 atom stereocenters. The predicted octanol–water partition coefficient (Wildman–Crippen LogP) is 5.05. The quantitative estimate of drug-likeness (QED) is 0.146. The van der Waals surface area contributed by atoms with Crippen molar-refractivity contribution in [1.82, 2.24) is 14.5 Å². The van der Waals surface area contributed by atoms with Gasteiger partial charge >= 0.3 is 17.6 Å². The second-order valence-corrected chi connectivity index (χ2v) is 11.6. The van der Waals surface area contributed by atoms with Crippen LogP contribution in [-0.4, -0.2) is 45.3 Å². The van der Waals surface area contributed by atoms with Gasteiger partial charge in [-0.15, -0.1) is 0 Å². The number of pyridine rings is 1. The SMILES string of the molecule is CCCCCc1ccc(C#Cc2cn([C@H]3C[C@H](OC(=O)c4ccc(C)cc4)[C@@H](COC(=O)c4ccc(C)cc4)O3)c(=O)[nH]c2=O)cn1. The fourth-order valence-electron chi connectivity index (χ4n) is 5.10. The first-order valence-corrected chi connectivity index (χ1v) is 15.7. The number of rotatable bonds is 10. The lowest BCUT2D eigenvalue weighted by Crippen LogP contribution is -2.34. The summed E-state index contributed by atoms with van der Waals surface area (Å²) in [6.45, 7) is 5.74. The maximum absolute atomic E-state index is 13.0. The largest absolute Gasteiger partial charge is 0.459 e. The number of aromatic amines is 1. The van der Waals surface area contributed by atoms with Crippen molar-refractivity contribution in [2.24, 2.45) is 0 Å². The average Bonchev–Trinajstić information content (AvgIpc) is 3.46. The van der Waals surface area contributed by atoms with E-state index in [0.29, 0.717) is 16.7 Å². The van der Waals surface area contributed by atoms with E-state index in [9.17, 15) is 19.2 Å².